The van der Waals surface area contributed by atoms with Crippen LogP contribution in [0.5, 0.6) is 0 Å². The van der Waals surface area contributed by atoms with Crippen LogP contribution in [0.25, 0.3) is 23.0 Å². The number of rotatable bonds is 7. The zero-order valence-corrected chi connectivity index (χ0v) is 16.5. The van der Waals surface area contributed by atoms with E-state index in [0.717, 1.165) is 15.2 Å². The molecule has 136 valence electrons. The van der Waals surface area contributed by atoms with Crippen molar-refractivity contribution in [1.29, 1.82) is 0 Å². The van der Waals surface area contributed by atoms with Gasteiger partial charge in [-0.3, -0.25) is 4.57 Å². The highest BCUT2D eigenvalue weighted by Crippen LogP contribution is 2.27. The molecule has 0 aliphatic rings. The van der Waals surface area contributed by atoms with Crippen molar-refractivity contribution in [2.24, 2.45) is 0 Å². The number of allylic oxidation sites excluding steroid dienone is 1. The predicted octanol–water partition coefficient (Wildman–Crippen LogP) is 4.83. The fourth-order valence-corrected chi connectivity index (χ4v) is 3.47. The maximum atomic E-state index is 5.76. The van der Waals surface area contributed by atoms with Crippen molar-refractivity contribution in [2.75, 3.05) is 0 Å². The second-order valence-corrected chi connectivity index (χ2v) is 7.34. The highest BCUT2D eigenvalue weighted by atomic mass is 79.9. The second kappa shape index (κ2) is 7.93. The van der Waals surface area contributed by atoms with E-state index in [1.54, 1.807) is 12.3 Å². The Labute approximate surface area is 167 Å². The molecule has 0 atom stereocenters. The number of furan rings is 1. The first-order valence-corrected chi connectivity index (χ1v) is 9.81. The Balaban J connectivity index is 1.51. The Morgan fingerprint density at radius 2 is 1.96 bits per heavy atom. The molecule has 0 spiro atoms. The normalized spacial score (nSPS) is 11.0. The molecule has 0 radical (unpaired) electrons. The fourth-order valence-electron chi connectivity index (χ4n) is 2.42. The Hall–Kier alpha value is -2.65. The molecule has 27 heavy (non-hydrogen) atoms. The van der Waals surface area contributed by atoms with Gasteiger partial charge in [0.1, 0.15) is 0 Å². The number of thioether (sulfide) groups is 1. The van der Waals surface area contributed by atoms with Gasteiger partial charge in [0.05, 0.1) is 12.0 Å². The molecule has 0 aliphatic heterocycles. The molecule has 0 bridgehead atoms. The molecular formula is C18H14BrN5O2S. The van der Waals surface area contributed by atoms with E-state index in [4.69, 9.17) is 8.83 Å². The first-order valence-electron chi connectivity index (χ1n) is 8.03. The number of benzene rings is 1. The molecule has 0 fully saturated rings. The summed E-state index contributed by atoms with van der Waals surface area (Å²) in [7, 11) is 0. The van der Waals surface area contributed by atoms with E-state index in [1.807, 2.05) is 41.0 Å². The average molecular weight is 444 g/mol. The number of aromatic nitrogens is 5. The van der Waals surface area contributed by atoms with Gasteiger partial charge in [0.15, 0.2) is 10.9 Å². The van der Waals surface area contributed by atoms with Crippen molar-refractivity contribution >= 4 is 27.7 Å². The zero-order valence-electron chi connectivity index (χ0n) is 14.1. The first kappa shape index (κ1) is 17.7. The minimum absolute atomic E-state index is 0.483. The van der Waals surface area contributed by atoms with Crippen LogP contribution in [0.15, 0.2) is 73.8 Å². The lowest BCUT2D eigenvalue weighted by Crippen LogP contribution is -2.00. The van der Waals surface area contributed by atoms with Gasteiger partial charge in [0.25, 0.3) is 0 Å². The average Bonchev–Trinajstić information content (AvgIpc) is 3.42. The van der Waals surface area contributed by atoms with Crippen molar-refractivity contribution in [2.45, 2.75) is 17.5 Å². The molecule has 0 amide bonds. The molecule has 9 heteroatoms. The van der Waals surface area contributed by atoms with Gasteiger partial charge in [-0.15, -0.1) is 27.0 Å². The van der Waals surface area contributed by atoms with Gasteiger partial charge in [0.2, 0.25) is 17.6 Å². The van der Waals surface area contributed by atoms with Crippen LogP contribution in [-0.2, 0) is 12.3 Å². The van der Waals surface area contributed by atoms with Gasteiger partial charge in [-0.2, -0.15) is 0 Å². The van der Waals surface area contributed by atoms with Gasteiger partial charge in [-0.25, -0.2) is 0 Å². The topological polar surface area (TPSA) is 82.8 Å². The number of hydrogen-bond donors (Lipinski definition) is 0. The van der Waals surface area contributed by atoms with Crippen LogP contribution >= 0.6 is 27.7 Å². The van der Waals surface area contributed by atoms with E-state index in [2.05, 4.69) is 42.9 Å². The van der Waals surface area contributed by atoms with Crippen LogP contribution in [0, 0.1) is 0 Å². The van der Waals surface area contributed by atoms with Crippen LogP contribution in [0.1, 0.15) is 5.89 Å². The van der Waals surface area contributed by atoms with Crippen LogP contribution < -0.4 is 0 Å². The van der Waals surface area contributed by atoms with E-state index >= 15 is 0 Å². The first-order chi connectivity index (χ1) is 13.2. The van der Waals surface area contributed by atoms with E-state index in [1.165, 1.54) is 11.8 Å². The second-order valence-electron chi connectivity index (χ2n) is 5.48. The zero-order chi connectivity index (χ0) is 18.6. The number of nitrogens with zero attached hydrogens (tertiary/aromatic N) is 5. The van der Waals surface area contributed by atoms with E-state index in [0.29, 0.717) is 35.7 Å². The minimum atomic E-state index is 0.483. The maximum Gasteiger partial charge on any atom is 0.247 e. The summed E-state index contributed by atoms with van der Waals surface area (Å²) in [6.07, 6.45) is 3.40. The highest BCUT2D eigenvalue weighted by Gasteiger charge is 2.17. The van der Waals surface area contributed by atoms with Crippen molar-refractivity contribution in [3.63, 3.8) is 0 Å². The van der Waals surface area contributed by atoms with Gasteiger partial charge >= 0.3 is 0 Å². The quantitative estimate of drug-likeness (QED) is 0.298. The summed E-state index contributed by atoms with van der Waals surface area (Å²) in [6, 6.07) is 11.4. The van der Waals surface area contributed by atoms with Gasteiger partial charge in [0, 0.05) is 16.6 Å². The summed E-state index contributed by atoms with van der Waals surface area (Å²) in [5, 5.41) is 17.4. The number of halogens is 1. The third kappa shape index (κ3) is 3.88. The van der Waals surface area contributed by atoms with Crippen LogP contribution in [0.2, 0.25) is 0 Å². The van der Waals surface area contributed by atoms with E-state index in [-0.39, 0.29) is 0 Å². The minimum Gasteiger partial charge on any atom is -0.461 e. The molecule has 3 aromatic heterocycles. The Morgan fingerprint density at radius 3 is 2.70 bits per heavy atom. The smallest absolute Gasteiger partial charge is 0.247 e. The molecule has 1 aromatic carbocycles. The molecule has 0 saturated carbocycles. The summed E-state index contributed by atoms with van der Waals surface area (Å²) in [5.41, 5.74) is 0.872. The van der Waals surface area contributed by atoms with Gasteiger partial charge < -0.3 is 8.83 Å². The molecular weight excluding hydrogens is 430 g/mol. The van der Waals surface area contributed by atoms with Gasteiger partial charge in [-0.05, 0) is 36.4 Å². The van der Waals surface area contributed by atoms with Crippen LogP contribution in [0.4, 0.5) is 0 Å². The largest absolute Gasteiger partial charge is 0.461 e. The van der Waals surface area contributed by atoms with Crippen LogP contribution in [-0.4, -0.2) is 25.0 Å². The predicted molar refractivity (Wildman–Crippen MR) is 105 cm³/mol. The summed E-state index contributed by atoms with van der Waals surface area (Å²) >= 11 is 4.88. The lowest BCUT2D eigenvalue weighted by atomic mass is 10.2. The van der Waals surface area contributed by atoms with E-state index in [9.17, 15) is 0 Å². The summed E-state index contributed by atoms with van der Waals surface area (Å²) in [4.78, 5) is 0. The van der Waals surface area contributed by atoms with Crippen molar-refractivity contribution in [3.05, 3.63) is 65.7 Å². The van der Waals surface area contributed by atoms with Crippen molar-refractivity contribution < 1.29 is 8.83 Å². The highest BCUT2D eigenvalue weighted by molar-refractivity contribution is 9.10. The third-order valence-electron chi connectivity index (χ3n) is 3.65. The van der Waals surface area contributed by atoms with Crippen molar-refractivity contribution in [3.8, 4) is 23.0 Å². The molecule has 4 aromatic rings. The Morgan fingerprint density at radius 1 is 1.11 bits per heavy atom. The molecule has 0 aliphatic carbocycles. The molecule has 7 nitrogen and oxygen atoms in total. The maximum absolute atomic E-state index is 5.76. The molecule has 4 rings (SSSR count). The summed E-state index contributed by atoms with van der Waals surface area (Å²) in [6.45, 7) is 4.37. The standard InChI is InChI=1S/C18H14BrN5O2S/c1-2-9-24-16(14-4-3-10-25-14)21-23-18(24)27-11-15-20-22-17(26-15)12-5-7-13(19)8-6-12/h2-8,10H,1,9,11H2. The Bertz CT molecular complexity index is 1040. The molecule has 0 N–H and O–H groups in total. The monoisotopic (exact) mass is 443 g/mol. The lowest BCUT2D eigenvalue weighted by Gasteiger charge is -2.04. The SMILES string of the molecule is C=CCn1c(SCc2nnc(-c3ccc(Br)cc3)o2)nnc1-c1ccco1. The fraction of sp³-hybridized carbons (Fsp3) is 0.111. The molecule has 0 unspecified atom stereocenters. The lowest BCUT2D eigenvalue weighted by molar-refractivity contribution is 0.528. The Kier molecular flexibility index (Phi) is 5.21. The summed E-state index contributed by atoms with van der Waals surface area (Å²) in [5.74, 6) is 2.80. The van der Waals surface area contributed by atoms with Crippen LogP contribution in [0.3, 0.4) is 0 Å². The molecule has 0 saturated heterocycles. The van der Waals surface area contributed by atoms with Gasteiger partial charge in [-0.1, -0.05) is 33.8 Å². The molecule has 3 heterocycles. The summed E-state index contributed by atoms with van der Waals surface area (Å²) < 4.78 is 14.1. The third-order valence-corrected chi connectivity index (χ3v) is 5.13. The number of hydrogen-bond acceptors (Lipinski definition) is 7. The van der Waals surface area contributed by atoms with E-state index < -0.39 is 0 Å². The van der Waals surface area contributed by atoms with Crippen molar-refractivity contribution in [1.82, 2.24) is 25.0 Å².